The maximum absolute atomic E-state index is 12.9. The highest BCUT2D eigenvalue weighted by Gasteiger charge is 2.73. The molecule has 5 heteroatoms. The Bertz CT molecular complexity index is 802. The van der Waals surface area contributed by atoms with Crippen LogP contribution >= 0.6 is 11.6 Å². The topological polar surface area (TPSA) is 74.6 Å². The van der Waals surface area contributed by atoms with E-state index in [9.17, 15) is 19.8 Å². The molecule has 2 unspecified atom stereocenters. The molecule has 3 fully saturated rings. The van der Waals surface area contributed by atoms with Crippen LogP contribution in [0.3, 0.4) is 0 Å². The number of ketones is 2. The van der Waals surface area contributed by atoms with E-state index in [2.05, 4.69) is 13.8 Å². The molecular weight excluding hydrogens is 376 g/mol. The van der Waals surface area contributed by atoms with Gasteiger partial charge in [-0.2, -0.15) is 0 Å². The van der Waals surface area contributed by atoms with Gasteiger partial charge in [-0.15, -0.1) is 11.6 Å². The van der Waals surface area contributed by atoms with Crippen LogP contribution in [-0.4, -0.2) is 39.4 Å². The Labute approximate surface area is 172 Å². The summed E-state index contributed by atoms with van der Waals surface area (Å²) in [4.78, 5) is 24.9. The first-order chi connectivity index (χ1) is 13.0. The quantitative estimate of drug-likeness (QED) is 0.689. The number of hydrogen-bond acceptors (Lipinski definition) is 4. The number of alkyl halides is 1. The third kappa shape index (κ3) is 2.10. The van der Waals surface area contributed by atoms with Crippen LogP contribution < -0.4 is 0 Å². The lowest BCUT2D eigenvalue weighted by Gasteiger charge is -2.64. The molecule has 0 spiro atoms. The van der Waals surface area contributed by atoms with Gasteiger partial charge in [-0.1, -0.05) is 32.4 Å². The van der Waals surface area contributed by atoms with Gasteiger partial charge in [0.2, 0.25) is 0 Å². The molecule has 4 aliphatic rings. The monoisotopic (exact) mass is 406 g/mol. The molecule has 0 heterocycles. The van der Waals surface area contributed by atoms with Crippen LogP contribution in [0, 0.1) is 34.0 Å². The molecule has 4 nitrogen and oxygen atoms in total. The number of fused-ring (bicyclic) bond motifs is 5. The summed E-state index contributed by atoms with van der Waals surface area (Å²) in [7, 11) is 0. The summed E-state index contributed by atoms with van der Waals surface area (Å²) in [6, 6.07) is 0. The number of allylic oxidation sites excluding steroid dienone is 2. The van der Waals surface area contributed by atoms with E-state index in [0.29, 0.717) is 12.8 Å². The van der Waals surface area contributed by atoms with Gasteiger partial charge in [0.25, 0.3) is 0 Å². The van der Waals surface area contributed by atoms with Crippen LogP contribution in [0.5, 0.6) is 0 Å². The maximum Gasteiger partial charge on any atom is 0.178 e. The molecule has 4 aliphatic carbocycles. The number of rotatable bonds is 2. The Kier molecular flexibility index (Phi) is 4.37. The van der Waals surface area contributed by atoms with Gasteiger partial charge in [0.1, 0.15) is 5.60 Å². The summed E-state index contributed by atoms with van der Waals surface area (Å²) in [5, 5.41) is 23.4. The molecule has 0 aromatic rings. The molecule has 0 aromatic carbocycles. The van der Waals surface area contributed by atoms with Crippen molar-refractivity contribution in [2.45, 2.75) is 65.1 Å². The minimum Gasteiger partial charge on any atom is -0.390 e. The predicted molar refractivity (Wildman–Crippen MR) is 108 cm³/mol. The van der Waals surface area contributed by atoms with E-state index >= 15 is 0 Å². The molecule has 2 N–H and O–H groups in total. The predicted octanol–water partition coefficient (Wildman–Crippen LogP) is 3.44. The van der Waals surface area contributed by atoms with Crippen LogP contribution in [0.4, 0.5) is 0 Å². The number of Topliss-reactive ketones (excluding diaryl/α,β-unsaturated/α-hetero) is 1. The third-order valence-electron chi connectivity index (χ3n) is 9.60. The fourth-order valence-corrected chi connectivity index (χ4v) is 7.83. The minimum atomic E-state index is -1.34. The van der Waals surface area contributed by atoms with Crippen molar-refractivity contribution in [1.29, 1.82) is 0 Å². The van der Waals surface area contributed by atoms with E-state index < -0.39 is 27.9 Å². The van der Waals surface area contributed by atoms with E-state index in [0.717, 1.165) is 18.4 Å². The average Bonchev–Trinajstić information content (AvgIpc) is 2.84. The lowest BCUT2D eigenvalue weighted by molar-refractivity contribution is -0.240. The van der Waals surface area contributed by atoms with Crippen LogP contribution in [0.25, 0.3) is 0 Å². The fourth-order valence-electron chi connectivity index (χ4n) is 7.55. The van der Waals surface area contributed by atoms with Crippen molar-refractivity contribution >= 4 is 23.2 Å². The van der Waals surface area contributed by atoms with Crippen molar-refractivity contribution in [2.75, 3.05) is 5.88 Å². The average molecular weight is 407 g/mol. The summed E-state index contributed by atoms with van der Waals surface area (Å²) < 4.78 is 0. The summed E-state index contributed by atoms with van der Waals surface area (Å²) in [6.45, 7) is 8.17. The molecule has 0 amide bonds. The SMILES string of the molecule is CC1C[C@H]2[C@@H]3CCC4=CC(=O)C=C[C@]4(C)[C@@]3(O)C(O)C[C@]2(C)[C@@]1(C)C(=O)CCl. The van der Waals surface area contributed by atoms with Gasteiger partial charge in [0.05, 0.1) is 12.0 Å². The largest absolute Gasteiger partial charge is 0.390 e. The van der Waals surface area contributed by atoms with Crippen molar-refractivity contribution in [3.8, 4) is 0 Å². The number of carbonyl (C=O) groups is 2. The molecule has 4 rings (SSSR count). The van der Waals surface area contributed by atoms with Gasteiger partial charge < -0.3 is 10.2 Å². The lowest BCUT2D eigenvalue weighted by Crippen LogP contribution is -2.70. The number of halogens is 1. The number of aliphatic hydroxyl groups excluding tert-OH is 1. The standard InChI is InChI=1S/C23H31ClO4/c1-13-9-17-16-6-5-14-10-15(25)7-8-20(14,2)23(16,28)18(26)11-21(17,3)22(13,4)19(27)12-24/h7-8,10,13,16-18,26,28H,5-6,9,11-12H2,1-4H3/t13?,16-,17-,18?,20-,21-,22+,23-/m0/s1. The highest BCUT2D eigenvalue weighted by molar-refractivity contribution is 6.28. The van der Waals surface area contributed by atoms with Crippen molar-refractivity contribution in [2.24, 2.45) is 34.0 Å². The summed E-state index contributed by atoms with van der Waals surface area (Å²) in [5.74, 6) is 0.0843. The smallest absolute Gasteiger partial charge is 0.178 e. The minimum absolute atomic E-state index is 0.0242. The zero-order valence-electron chi connectivity index (χ0n) is 17.2. The maximum atomic E-state index is 12.9. The molecular formula is C23H31ClO4. The van der Waals surface area contributed by atoms with Crippen LogP contribution in [0.2, 0.25) is 0 Å². The first-order valence-electron chi connectivity index (χ1n) is 10.4. The zero-order chi connectivity index (χ0) is 20.7. The lowest BCUT2D eigenvalue weighted by atomic mass is 9.42. The fraction of sp³-hybridized carbons (Fsp3) is 0.739. The van der Waals surface area contributed by atoms with Gasteiger partial charge in [-0.3, -0.25) is 9.59 Å². The van der Waals surface area contributed by atoms with Gasteiger partial charge in [-0.05, 0) is 67.9 Å². The Morgan fingerprint density at radius 3 is 2.61 bits per heavy atom. The Morgan fingerprint density at radius 2 is 1.96 bits per heavy atom. The number of hydrogen-bond donors (Lipinski definition) is 2. The van der Waals surface area contributed by atoms with Crippen molar-refractivity contribution in [3.05, 3.63) is 23.8 Å². The first kappa shape index (κ1) is 20.3. The molecule has 0 saturated heterocycles. The van der Waals surface area contributed by atoms with Gasteiger partial charge >= 0.3 is 0 Å². The van der Waals surface area contributed by atoms with Gasteiger partial charge in [-0.25, -0.2) is 0 Å². The third-order valence-corrected chi connectivity index (χ3v) is 9.84. The highest BCUT2D eigenvalue weighted by Crippen LogP contribution is 2.72. The van der Waals surface area contributed by atoms with Crippen LogP contribution in [-0.2, 0) is 9.59 Å². The van der Waals surface area contributed by atoms with Crippen LogP contribution in [0.15, 0.2) is 23.8 Å². The molecule has 3 saturated carbocycles. The Morgan fingerprint density at radius 1 is 1.29 bits per heavy atom. The molecule has 28 heavy (non-hydrogen) atoms. The molecule has 0 radical (unpaired) electrons. The van der Waals surface area contributed by atoms with E-state index in [1.165, 1.54) is 6.08 Å². The Hall–Kier alpha value is -0.970. The number of carbonyl (C=O) groups excluding carboxylic acids is 2. The molecule has 0 bridgehead atoms. The van der Waals surface area contributed by atoms with E-state index in [1.54, 1.807) is 12.2 Å². The highest BCUT2D eigenvalue weighted by atomic mass is 35.5. The van der Waals surface area contributed by atoms with E-state index in [4.69, 9.17) is 11.6 Å². The summed E-state index contributed by atoms with van der Waals surface area (Å²) >= 11 is 6.00. The van der Waals surface area contributed by atoms with Crippen molar-refractivity contribution in [3.63, 3.8) is 0 Å². The number of aliphatic hydroxyl groups is 2. The second-order valence-electron chi connectivity index (χ2n) is 10.2. The Balaban J connectivity index is 1.84. The van der Waals surface area contributed by atoms with Crippen LogP contribution in [0.1, 0.15) is 53.4 Å². The van der Waals surface area contributed by atoms with E-state index in [-0.39, 0.29) is 35.2 Å². The molecule has 154 valence electrons. The van der Waals surface area contributed by atoms with Gasteiger partial charge in [0.15, 0.2) is 11.6 Å². The second kappa shape index (κ2) is 6.02. The molecule has 8 atom stereocenters. The molecule has 0 aliphatic heterocycles. The van der Waals surface area contributed by atoms with Gasteiger partial charge in [0, 0.05) is 10.8 Å². The second-order valence-corrected chi connectivity index (χ2v) is 10.5. The van der Waals surface area contributed by atoms with Crippen molar-refractivity contribution < 1.29 is 19.8 Å². The van der Waals surface area contributed by atoms with Crippen molar-refractivity contribution in [1.82, 2.24) is 0 Å². The first-order valence-corrected chi connectivity index (χ1v) is 10.9. The molecule has 0 aromatic heterocycles. The zero-order valence-corrected chi connectivity index (χ0v) is 17.9. The summed E-state index contributed by atoms with van der Waals surface area (Å²) in [6.07, 6.45) is 6.62. The summed E-state index contributed by atoms with van der Waals surface area (Å²) in [5.41, 5.74) is -2.22. The normalized spacial score (nSPS) is 52.5. The van der Waals surface area contributed by atoms with E-state index in [1.807, 2.05) is 13.8 Å².